The average molecular weight is 322 g/mol. The third kappa shape index (κ3) is 2.84. The lowest BCUT2D eigenvalue weighted by Gasteiger charge is -2.06. The van der Waals surface area contributed by atoms with Crippen LogP contribution in [0, 0.1) is 0 Å². The fourth-order valence-corrected chi connectivity index (χ4v) is 2.38. The molecule has 0 atom stereocenters. The Kier molecular flexibility index (Phi) is 3.77. The van der Waals surface area contributed by atoms with Crippen molar-refractivity contribution in [3.63, 3.8) is 0 Å². The Labute approximate surface area is 129 Å². The van der Waals surface area contributed by atoms with E-state index >= 15 is 0 Å². The smallest absolute Gasteiger partial charge is 0.295 e. The van der Waals surface area contributed by atoms with Gasteiger partial charge in [0.15, 0.2) is 0 Å². The number of pyridine rings is 1. The summed E-state index contributed by atoms with van der Waals surface area (Å²) in [6.45, 7) is 0.226. The average Bonchev–Trinajstić information content (AvgIpc) is 2.84. The van der Waals surface area contributed by atoms with Gasteiger partial charge in [0.2, 0.25) is 5.82 Å². The summed E-state index contributed by atoms with van der Waals surface area (Å²) >= 11 is 12.0. The SMILES string of the molecule is O=c1onc(-c2ccccn2)n1Cc1ccc(Cl)cc1Cl. The van der Waals surface area contributed by atoms with Crippen molar-refractivity contribution in [2.45, 2.75) is 6.54 Å². The predicted octanol–water partition coefficient (Wildman–Crippen LogP) is 3.25. The first kappa shape index (κ1) is 13.9. The first-order valence-electron chi connectivity index (χ1n) is 6.07. The summed E-state index contributed by atoms with van der Waals surface area (Å²) in [5.74, 6) is -0.215. The minimum atomic E-state index is -0.568. The molecule has 0 radical (unpaired) electrons. The summed E-state index contributed by atoms with van der Waals surface area (Å²) in [5.41, 5.74) is 1.29. The standard InChI is InChI=1S/C14H9Cl2N3O2/c15-10-5-4-9(11(16)7-10)8-19-13(18-21-14(19)20)12-3-1-2-6-17-12/h1-7H,8H2. The van der Waals surface area contributed by atoms with Crippen molar-refractivity contribution < 1.29 is 4.52 Å². The topological polar surface area (TPSA) is 60.9 Å². The molecule has 2 aromatic heterocycles. The van der Waals surface area contributed by atoms with E-state index in [1.807, 2.05) is 0 Å². The molecular weight excluding hydrogens is 313 g/mol. The predicted molar refractivity (Wildman–Crippen MR) is 79.6 cm³/mol. The Morgan fingerprint density at radius 2 is 2.05 bits per heavy atom. The highest BCUT2D eigenvalue weighted by Crippen LogP contribution is 2.22. The minimum absolute atomic E-state index is 0.226. The highest BCUT2D eigenvalue weighted by atomic mass is 35.5. The van der Waals surface area contributed by atoms with E-state index in [0.717, 1.165) is 5.56 Å². The second-order valence-corrected chi connectivity index (χ2v) is 5.15. The zero-order chi connectivity index (χ0) is 14.8. The van der Waals surface area contributed by atoms with Gasteiger partial charge >= 0.3 is 5.76 Å². The van der Waals surface area contributed by atoms with E-state index in [1.165, 1.54) is 4.57 Å². The molecule has 3 rings (SSSR count). The van der Waals surface area contributed by atoms with Crippen LogP contribution in [0.4, 0.5) is 0 Å². The molecule has 0 fully saturated rings. The molecule has 21 heavy (non-hydrogen) atoms. The normalized spacial score (nSPS) is 10.8. The maximum atomic E-state index is 11.8. The number of hydrogen-bond donors (Lipinski definition) is 0. The van der Waals surface area contributed by atoms with Crippen LogP contribution >= 0.6 is 23.2 Å². The van der Waals surface area contributed by atoms with E-state index < -0.39 is 5.76 Å². The van der Waals surface area contributed by atoms with Gasteiger partial charge in [0.05, 0.1) is 6.54 Å². The van der Waals surface area contributed by atoms with Crippen LogP contribution in [-0.4, -0.2) is 14.7 Å². The zero-order valence-corrected chi connectivity index (χ0v) is 12.2. The highest BCUT2D eigenvalue weighted by Gasteiger charge is 2.15. The van der Waals surface area contributed by atoms with Crippen LogP contribution in [0.3, 0.4) is 0 Å². The fraction of sp³-hybridized carbons (Fsp3) is 0.0714. The van der Waals surface area contributed by atoms with Gasteiger partial charge in [0.1, 0.15) is 5.69 Å². The van der Waals surface area contributed by atoms with Crippen LogP contribution in [0.2, 0.25) is 10.0 Å². The van der Waals surface area contributed by atoms with Gasteiger partial charge in [-0.25, -0.2) is 4.79 Å². The third-order valence-corrected chi connectivity index (χ3v) is 3.51. The Morgan fingerprint density at radius 1 is 1.19 bits per heavy atom. The van der Waals surface area contributed by atoms with Crippen LogP contribution < -0.4 is 5.76 Å². The van der Waals surface area contributed by atoms with Gasteiger partial charge in [-0.05, 0) is 29.8 Å². The maximum absolute atomic E-state index is 11.8. The van der Waals surface area contributed by atoms with Crippen LogP contribution in [0.5, 0.6) is 0 Å². The molecule has 3 aromatic rings. The summed E-state index contributed by atoms with van der Waals surface area (Å²) in [6.07, 6.45) is 1.62. The monoisotopic (exact) mass is 321 g/mol. The molecule has 0 aliphatic rings. The van der Waals surface area contributed by atoms with Gasteiger partial charge in [-0.15, -0.1) is 0 Å². The molecule has 0 saturated heterocycles. The molecule has 0 amide bonds. The van der Waals surface area contributed by atoms with Crippen molar-refractivity contribution in [1.82, 2.24) is 14.7 Å². The second-order valence-electron chi connectivity index (χ2n) is 4.31. The maximum Gasteiger partial charge on any atom is 0.442 e. The van der Waals surface area contributed by atoms with E-state index in [-0.39, 0.29) is 6.54 Å². The molecular formula is C14H9Cl2N3O2. The molecule has 0 spiro atoms. The van der Waals surface area contributed by atoms with Crippen LogP contribution in [0.15, 0.2) is 51.9 Å². The summed E-state index contributed by atoms with van der Waals surface area (Å²) in [5, 5.41) is 4.78. The molecule has 0 aliphatic carbocycles. The van der Waals surface area contributed by atoms with E-state index in [1.54, 1.807) is 42.6 Å². The summed E-state index contributed by atoms with van der Waals surface area (Å²) in [6, 6.07) is 10.4. The Morgan fingerprint density at radius 3 is 2.76 bits per heavy atom. The number of benzene rings is 1. The summed E-state index contributed by atoms with van der Waals surface area (Å²) < 4.78 is 6.11. The van der Waals surface area contributed by atoms with Crippen molar-refractivity contribution in [1.29, 1.82) is 0 Å². The molecule has 0 N–H and O–H groups in total. The second kappa shape index (κ2) is 5.71. The van der Waals surface area contributed by atoms with E-state index in [4.69, 9.17) is 27.7 Å². The van der Waals surface area contributed by atoms with Gasteiger partial charge in [-0.2, -0.15) is 0 Å². The number of aromatic nitrogens is 3. The number of rotatable bonds is 3. The highest BCUT2D eigenvalue weighted by molar-refractivity contribution is 6.35. The van der Waals surface area contributed by atoms with Crippen molar-refractivity contribution in [2.24, 2.45) is 0 Å². The number of nitrogens with zero attached hydrogens (tertiary/aromatic N) is 3. The first-order chi connectivity index (χ1) is 10.1. The van der Waals surface area contributed by atoms with Crippen molar-refractivity contribution in [3.8, 4) is 11.5 Å². The number of hydrogen-bond acceptors (Lipinski definition) is 4. The molecule has 0 unspecified atom stereocenters. The van der Waals surface area contributed by atoms with Crippen molar-refractivity contribution in [3.05, 3.63) is 68.8 Å². The molecule has 0 aliphatic heterocycles. The van der Waals surface area contributed by atoms with E-state index in [2.05, 4.69) is 10.1 Å². The quantitative estimate of drug-likeness (QED) is 0.742. The third-order valence-electron chi connectivity index (χ3n) is 2.92. The van der Waals surface area contributed by atoms with Gasteiger partial charge in [0, 0.05) is 16.2 Å². The lowest BCUT2D eigenvalue weighted by Crippen LogP contribution is -2.16. The Balaban J connectivity index is 2.03. The number of halogens is 2. The largest absolute Gasteiger partial charge is 0.442 e. The van der Waals surface area contributed by atoms with Gasteiger partial charge < -0.3 is 0 Å². The Bertz CT molecular complexity index is 828. The van der Waals surface area contributed by atoms with Crippen molar-refractivity contribution in [2.75, 3.05) is 0 Å². The lowest BCUT2D eigenvalue weighted by atomic mass is 10.2. The van der Waals surface area contributed by atoms with Gasteiger partial charge in [-0.3, -0.25) is 14.1 Å². The summed E-state index contributed by atoms with van der Waals surface area (Å²) in [4.78, 5) is 16.0. The summed E-state index contributed by atoms with van der Waals surface area (Å²) in [7, 11) is 0. The molecule has 0 bridgehead atoms. The van der Waals surface area contributed by atoms with Crippen LogP contribution in [0.25, 0.3) is 11.5 Å². The van der Waals surface area contributed by atoms with Crippen LogP contribution in [-0.2, 0) is 6.54 Å². The van der Waals surface area contributed by atoms with Crippen LogP contribution in [0.1, 0.15) is 5.56 Å². The molecule has 2 heterocycles. The Hall–Kier alpha value is -2.11. The first-order valence-corrected chi connectivity index (χ1v) is 6.82. The lowest BCUT2D eigenvalue weighted by molar-refractivity contribution is 0.378. The molecule has 0 saturated carbocycles. The molecule has 7 heteroatoms. The molecule has 5 nitrogen and oxygen atoms in total. The van der Waals surface area contributed by atoms with Gasteiger partial charge in [0.25, 0.3) is 0 Å². The minimum Gasteiger partial charge on any atom is -0.295 e. The van der Waals surface area contributed by atoms with E-state index in [9.17, 15) is 4.79 Å². The van der Waals surface area contributed by atoms with Gasteiger partial charge in [-0.1, -0.05) is 40.5 Å². The van der Waals surface area contributed by atoms with Crippen molar-refractivity contribution >= 4 is 23.2 Å². The van der Waals surface area contributed by atoms with E-state index in [0.29, 0.717) is 21.6 Å². The molecule has 1 aromatic carbocycles. The zero-order valence-electron chi connectivity index (χ0n) is 10.7. The fourth-order valence-electron chi connectivity index (χ4n) is 1.91. The molecule has 106 valence electrons.